The smallest absolute Gasteiger partial charge is 0.254 e. The molecule has 0 aliphatic carbocycles. The average molecular weight is 337 g/mol. The quantitative estimate of drug-likeness (QED) is 0.741. The van der Waals surface area contributed by atoms with Crippen molar-refractivity contribution in [3.63, 3.8) is 0 Å². The zero-order valence-corrected chi connectivity index (χ0v) is 12.8. The van der Waals surface area contributed by atoms with E-state index in [4.69, 9.17) is 11.6 Å². The summed E-state index contributed by atoms with van der Waals surface area (Å²) in [6.45, 7) is 4.57. The van der Waals surface area contributed by atoms with Crippen molar-refractivity contribution in [1.29, 1.82) is 0 Å². The molecule has 0 saturated heterocycles. The molecular formula is C13H16BrClFNO. The number of amides is 1. The van der Waals surface area contributed by atoms with E-state index in [0.29, 0.717) is 12.1 Å². The predicted molar refractivity (Wildman–Crippen MR) is 76.0 cm³/mol. The number of halogens is 3. The van der Waals surface area contributed by atoms with Crippen LogP contribution in [0.15, 0.2) is 18.2 Å². The third kappa shape index (κ3) is 3.95. The number of carbonyl (C=O) groups is 1. The van der Waals surface area contributed by atoms with Gasteiger partial charge in [-0.2, -0.15) is 0 Å². The van der Waals surface area contributed by atoms with E-state index in [9.17, 15) is 9.18 Å². The number of benzene rings is 1. The topological polar surface area (TPSA) is 20.3 Å². The Morgan fingerprint density at radius 3 is 2.67 bits per heavy atom. The molecule has 0 saturated carbocycles. The van der Waals surface area contributed by atoms with Crippen molar-refractivity contribution in [3.05, 3.63) is 34.6 Å². The SMILES string of the molecule is CC(C)N(CCCBr)C(=O)c1ccc(F)c(Cl)c1. The van der Waals surface area contributed by atoms with Crippen LogP contribution in [0.4, 0.5) is 4.39 Å². The van der Waals surface area contributed by atoms with E-state index in [1.165, 1.54) is 18.2 Å². The van der Waals surface area contributed by atoms with Gasteiger partial charge in [0, 0.05) is 23.5 Å². The molecule has 18 heavy (non-hydrogen) atoms. The standard InChI is InChI=1S/C13H16BrClFNO/c1-9(2)17(7-3-6-14)13(18)10-4-5-12(16)11(15)8-10/h4-5,8-9H,3,6-7H2,1-2H3. The molecule has 0 aliphatic heterocycles. The molecule has 0 atom stereocenters. The van der Waals surface area contributed by atoms with Crippen molar-refractivity contribution in [1.82, 2.24) is 4.90 Å². The maximum absolute atomic E-state index is 13.1. The summed E-state index contributed by atoms with van der Waals surface area (Å²) in [5, 5.41) is 0.818. The predicted octanol–water partition coefficient (Wildman–Crippen LogP) is 4.11. The van der Waals surface area contributed by atoms with Crippen molar-refractivity contribution in [2.45, 2.75) is 26.3 Å². The van der Waals surface area contributed by atoms with Crippen LogP contribution in [0.3, 0.4) is 0 Å². The summed E-state index contributed by atoms with van der Waals surface area (Å²) < 4.78 is 13.1. The lowest BCUT2D eigenvalue weighted by Gasteiger charge is -2.26. The Morgan fingerprint density at radius 1 is 1.50 bits per heavy atom. The van der Waals surface area contributed by atoms with E-state index in [1.54, 1.807) is 4.90 Å². The lowest BCUT2D eigenvalue weighted by Crippen LogP contribution is -2.37. The van der Waals surface area contributed by atoms with Gasteiger partial charge in [-0.1, -0.05) is 27.5 Å². The molecule has 0 bridgehead atoms. The van der Waals surface area contributed by atoms with Crippen molar-refractivity contribution < 1.29 is 9.18 Å². The summed E-state index contributed by atoms with van der Waals surface area (Å²) in [5.74, 6) is -0.627. The van der Waals surface area contributed by atoms with Gasteiger partial charge in [0.2, 0.25) is 0 Å². The van der Waals surface area contributed by atoms with Crippen molar-refractivity contribution in [2.75, 3.05) is 11.9 Å². The zero-order valence-electron chi connectivity index (χ0n) is 10.4. The minimum atomic E-state index is -0.509. The first-order valence-corrected chi connectivity index (χ1v) is 7.29. The summed E-state index contributed by atoms with van der Waals surface area (Å²) in [6, 6.07) is 4.16. The normalized spacial score (nSPS) is 10.8. The molecule has 0 heterocycles. The van der Waals surface area contributed by atoms with E-state index >= 15 is 0 Å². The number of alkyl halides is 1. The number of hydrogen-bond acceptors (Lipinski definition) is 1. The molecule has 1 amide bonds. The highest BCUT2D eigenvalue weighted by Gasteiger charge is 2.19. The Balaban J connectivity index is 2.91. The lowest BCUT2D eigenvalue weighted by molar-refractivity contribution is 0.0706. The Hall–Kier alpha value is -0.610. The molecule has 1 rings (SSSR count). The molecule has 0 spiro atoms. The molecule has 0 N–H and O–H groups in total. The van der Waals surface area contributed by atoms with Gasteiger partial charge in [0.15, 0.2) is 0 Å². The van der Waals surface area contributed by atoms with Gasteiger partial charge in [0.05, 0.1) is 5.02 Å². The highest BCUT2D eigenvalue weighted by atomic mass is 79.9. The number of hydrogen-bond donors (Lipinski definition) is 0. The molecule has 0 aromatic heterocycles. The van der Waals surface area contributed by atoms with Gasteiger partial charge in [-0.3, -0.25) is 4.79 Å². The number of carbonyl (C=O) groups excluding carboxylic acids is 1. The van der Waals surface area contributed by atoms with Gasteiger partial charge in [-0.25, -0.2) is 4.39 Å². The first-order chi connectivity index (χ1) is 8.47. The van der Waals surface area contributed by atoms with Crippen LogP contribution in [-0.4, -0.2) is 28.7 Å². The van der Waals surface area contributed by atoms with Gasteiger partial charge in [0.25, 0.3) is 5.91 Å². The minimum Gasteiger partial charge on any atom is -0.336 e. The molecule has 5 heteroatoms. The van der Waals surface area contributed by atoms with Gasteiger partial charge in [-0.15, -0.1) is 0 Å². The van der Waals surface area contributed by atoms with Gasteiger partial charge >= 0.3 is 0 Å². The van der Waals surface area contributed by atoms with Crippen molar-refractivity contribution in [2.24, 2.45) is 0 Å². The molecule has 0 radical (unpaired) electrons. The third-order valence-electron chi connectivity index (χ3n) is 2.58. The Bertz CT molecular complexity index is 425. The molecule has 0 fully saturated rings. The fourth-order valence-electron chi connectivity index (χ4n) is 1.62. The van der Waals surface area contributed by atoms with Gasteiger partial charge < -0.3 is 4.90 Å². The summed E-state index contributed by atoms with van der Waals surface area (Å²) in [6.07, 6.45) is 0.874. The highest BCUT2D eigenvalue weighted by Crippen LogP contribution is 2.18. The second-order valence-electron chi connectivity index (χ2n) is 4.26. The summed E-state index contributed by atoms with van der Waals surface area (Å²) in [7, 11) is 0. The highest BCUT2D eigenvalue weighted by molar-refractivity contribution is 9.09. The summed E-state index contributed by atoms with van der Waals surface area (Å²) in [4.78, 5) is 14.0. The Labute approximate surface area is 120 Å². The van der Waals surface area contributed by atoms with Crippen LogP contribution < -0.4 is 0 Å². The molecule has 0 unspecified atom stereocenters. The number of rotatable bonds is 5. The molecule has 2 nitrogen and oxygen atoms in total. The second kappa shape index (κ2) is 7.10. The molecule has 0 aliphatic rings. The van der Waals surface area contributed by atoms with Crippen LogP contribution in [0, 0.1) is 5.82 Å². The molecular weight excluding hydrogens is 321 g/mol. The monoisotopic (exact) mass is 335 g/mol. The van der Waals surface area contributed by atoms with E-state index in [0.717, 1.165) is 11.8 Å². The van der Waals surface area contributed by atoms with E-state index in [2.05, 4.69) is 15.9 Å². The van der Waals surface area contributed by atoms with Crippen LogP contribution in [0.5, 0.6) is 0 Å². The molecule has 1 aromatic carbocycles. The largest absolute Gasteiger partial charge is 0.336 e. The first kappa shape index (κ1) is 15.4. The van der Waals surface area contributed by atoms with Crippen LogP contribution in [-0.2, 0) is 0 Å². The van der Waals surface area contributed by atoms with E-state index in [1.807, 2.05) is 13.8 Å². The fourth-order valence-corrected chi connectivity index (χ4v) is 2.05. The minimum absolute atomic E-state index is 0.0231. The van der Waals surface area contributed by atoms with E-state index < -0.39 is 5.82 Å². The average Bonchev–Trinajstić information content (AvgIpc) is 2.32. The summed E-state index contributed by atoms with van der Waals surface area (Å²) in [5.41, 5.74) is 0.421. The van der Waals surface area contributed by atoms with Crippen LogP contribution in [0.25, 0.3) is 0 Å². The van der Waals surface area contributed by atoms with Crippen LogP contribution >= 0.6 is 27.5 Å². The molecule has 1 aromatic rings. The Morgan fingerprint density at radius 2 is 2.17 bits per heavy atom. The van der Waals surface area contributed by atoms with Crippen LogP contribution in [0.2, 0.25) is 5.02 Å². The van der Waals surface area contributed by atoms with Gasteiger partial charge in [0.1, 0.15) is 5.82 Å². The van der Waals surface area contributed by atoms with Crippen molar-refractivity contribution in [3.8, 4) is 0 Å². The number of nitrogens with zero attached hydrogens (tertiary/aromatic N) is 1. The van der Waals surface area contributed by atoms with Crippen LogP contribution in [0.1, 0.15) is 30.6 Å². The van der Waals surface area contributed by atoms with Gasteiger partial charge in [-0.05, 0) is 38.5 Å². The first-order valence-electron chi connectivity index (χ1n) is 5.79. The fraction of sp³-hybridized carbons (Fsp3) is 0.462. The third-order valence-corrected chi connectivity index (χ3v) is 3.43. The van der Waals surface area contributed by atoms with Crippen molar-refractivity contribution >= 4 is 33.4 Å². The summed E-state index contributed by atoms with van der Waals surface area (Å²) >= 11 is 9.04. The maximum Gasteiger partial charge on any atom is 0.254 e. The lowest BCUT2D eigenvalue weighted by atomic mass is 10.1. The van der Waals surface area contributed by atoms with E-state index in [-0.39, 0.29) is 17.0 Å². The Kier molecular flexibility index (Phi) is 6.09. The zero-order chi connectivity index (χ0) is 13.7. The second-order valence-corrected chi connectivity index (χ2v) is 5.46. The maximum atomic E-state index is 13.1. The molecule has 100 valence electrons.